The zero-order chi connectivity index (χ0) is 78.5. The maximum absolute atomic E-state index is 15.6. The number of nitrogens with one attached hydrogen (secondary N) is 3. The van der Waals surface area contributed by atoms with Crippen LogP contribution in [-0.4, -0.2) is 287 Å². The first-order chi connectivity index (χ1) is 50.4. The Hall–Kier alpha value is -6.96. The van der Waals surface area contributed by atoms with E-state index in [1.165, 1.54) is 69.5 Å². The first kappa shape index (κ1) is 84.1. The third-order valence-corrected chi connectivity index (χ3v) is 25.2. The minimum Gasteiger partial charge on any atom is -0.378 e. The van der Waals surface area contributed by atoms with Crippen molar-refractivity contribution in [1.29, 1.82) is 0 Å². The fourth-order valence-electron chi connectivity index (χ4n) is 18.1. The smallest absolute Gasteiger partial charge is 0.378 e. The highest BCUT2D eigenvalue weighted by atomic mass is 19.4. The molecule has 12 amide bonds. The molecule has 4 aliphatic carbocycles. The lowest BCUT2D eigenvalue weighted by molar-refractivity contribution is -0.219. The Morgan fingerprint density at radius 1 is 0.589 bits per heavy atom. The van der Waals surface area contributed by atoms with Gasteiger partial charge < -0.3 is 64.8 Å². The second-order valence-electron chi connectivity index (χ2n) is 32.2. The van der Waals surface area contributed by atoms with Gasteiger partial charge in [0, 0.05) is 68.0 Å². The number of hydrogen-bond acceptors (Lipinski definition) is 13. The number of carbonyl (C=O) groups excluding carboxylic acids is 12. The van der Waals surface area contributed by atoms with Crippen molar-refractivity contribution in [3.63, 3.8) is 0 Å². The molecule has 0 aromatic rings. The number of ether oxygens (including phenoxy) is 1. The first-order valence-electron chi connectivity index (χ1n) is 38.9. The topological polar surface area (TPSA) is 279 Å². The molecule has 1 spiro atoms. The molecule has 5 saturated heterocycles. The fourth-order valence-corrected chi connectivity index (χ4v) is 18.1. The lowest BCUT2D eigenvalue weighted by Crippen LogP contribution is -2.68. The molecule has 602 valence electrons. The number of hydrogen-bond donors (Lipinski definition) is 3. The van der Waals surface area contributed by atoms with Crippen molar-refractivity contribution in [1.82, 2.24) is 60.0 Å². The predicted octanol–water partition coefficient (Wildman–Crippen LogP) is 5.69. The van der Waals surface area contributed by atoms with Gasteiger partial charge in [0.15, 0.2) is 0 Å². The van der Waals surface area contributed by atoms with Gasteiger partial charge in [0.05, 0.1) is 32.1 Å². The van der Waals surface area contributed by atoms with E-state index in [4.69, 9.17) is 4.74 Å². The van der Waals surface area contributed by atoms with Gasteiger partial charge in [-0.3, -0.25) is 57.5 Å². The number of nitrogens with zero attached hydrogens (tertiary/aromatic N) is 9. The van der Waals surface area contributed by atoms with Gasteiger partial charge in [0.1, 0.15) is 78.2 Å². The summed E-state index contributed by atoms with van der Waals surface area (Å²) in [5, 5.41) is 8.45. The summed E-state index contributed by atoms with van der Waals surface area (Å²) in [5.74, 6) is -16.3. The quantitative estimate of drug-likeness (QED) is 0.222. The van der Waals surface area contributed by atoms with E-state index in [0.717, 1.165) is 9.80 Å². The lowest BCUT2D eigenvalue weighted by Gasteiger charge is -2.47. The molecule has 4 saturated carbocycles. The molecule has 9 fully saturated rings. The van der Waals surface area contributed by atoms with Gasteiger partial charge in [-0.05, 0) is 158 Å². The van der Waals surface area contributed by atoms with E-state index in [2.05, 4.69) is 16.0 Å². The summed E-state index contributed by atoms with van der Waals surface area (Å²) in [5.41, 5.74) is -1.64. The molecule has 2 unspecified atom stereocenters. The van der Waals surface area contributed by atoms with Crippen LogP contribution in [0, 0.1) is 41.4 Å². The van der Waals surface area contributed by atoms with Gasteiger partial charge in [-0.2, -0.15) is 26.3 Å². The van der Waals surface area contributed by atoms with Gasteiger partial charge >= 0.3 is 12.4 Å². The van der Waals surface area contributed by atoms with Crippen LogP contribution in [0.15, 0.2) is 0 Å². The van der Waals surface area contributed by atoms with E-state index in [1.54, 1.807) is 20.8 Å². The average molecular weight is 1530 g/mol. The van der Waals surface area contributed by atoms with Crippen molar-refractivity contribution >= 4 is 70.9 Å². The van der Waals surface area contributed by atoms with Crippen LogP contribution < -0.4 is 16.0 Å². The zero-order valence-corrected chi connectivity index (χ0v) is 63.4. The molecule has 0 aromatic carbocycles. The van der Waals surface area contributed by atoms with Gasteiger partial charge in [0.25, 0.3) is 0 Å². The SMILES string of the molecule is CC[C@H](C)[C@@H]1NC(=O)[C@H](CC)N(C)C(=O)C[C@@H](C(=O)N2CCOCC2)N(C)C(=O)[C@H](C2CCCC2)N(C)C(=O)C2(CCC2)NC(=O)[C@@H]2CCCN2C(=O)[C@H](CCC2CC(F)C(C(F)(F)F)C(F)C2)NC(=O)CN(C)C(=O)[C@H](CC2CCC(C(F)(F)F)CC2)N2C[C@H](C)CC[C@@H](C2=O)N(C)C(=O)[C@@H]2CCN2C1=O. The highest BCUT2D eigenvalue weighted by Gasteiger charge is 2.56. The molecule has 9 rings (SSSR count). The third kappa shape index (κ3) is 18.9. The second-order valence-corrected chi connectivity index (χ2v) is 32.2. The predicted molar refractivity (Wildman–Crippen MR) is 372 cm³/mol. The summed E-state index contributed by atoms with van der Waals surface area (Å²) >= 11 is 0. The number of halogens is 8. The normalized spacial score (nSPS) is 33.8. The number of morpholine rings is 1. The molecule has 2 bridgehead atoms. The molecule has 9 aliphatic rings. The maximum atomic E-state index is 15.6. The van der Waals surface area contributed by atoms with Crippen molar-refractivity contribution in [3.8, 4) is 0 Å². The van der Waals surface area contributed by atoms with Crippen LogP contribution in [0.5, 0.6) is 0 Å². The number of likely N-dealkylation sites (N-methyl/N-ethyl adjacent to an activating group) is 5. The molecule has 5 heterocycles. The van der Waals surface area contributed by atoms with Gasteiger partial charge in [-0.25, -0.2) is 8.78 Å². The number of fused-ring (bicyclic) bond motifs is 4. The Morgan fingerprint density at radius 2 is 1.22 bits per heavy atom. The highest BCUT2D eigenvalue weighted by molar-refractivity contribution is 6.01. The van der Waals surface area contributed by atoms with E-state index in [-0.39, 0.29) is 135 Å². The van der Waals surface area contributed by atoms with E-state index >= 15 is 37.5 Å². The number of alkyl halides is 8. The molecule has 13 atom stereocenters. The molecule has 5 aliphatic heterocycles. The average Bonchev–Trinajstić information content (AvgIpc) is 1.72. The third-order valence-electron chi connectivity index (χ3n) is 25.2. The highest BCUT2D eigenvalue weighted by Crippen LogP contribution is 2.46. The van der Waals surface area contributed by atoms with Crippen molar-refractivity contribution in [2.24, 2.45) is 41.4 Å². The molecule has 0 aromatic heterocycles. The second kappa shape index (κ2) is 35.4. The molecule has 107 heavy (non-hydrogen) atoms. The summed E-state index contributed by atoms with van der Waals surface area (Å²) in [4.78, 5) is 193. The van der Waals surface area contributed by atoms with Crippen LogP contribution in [0.25, 0.3) is 0 Å². The van der Waals surface area contributed by atoms with Crippen LogP contribution in [0.1, 0.15) is 182 Å². The number of rotatable bonds is 10. The Labute approximate surface area is 621 Å². The standard InChI is InChI=1S/C74H112F8N12O13/c1-10-43(4)60-69(104)93-31-27-54(93)66(101)88(7)53-26-19-42(3)40-94(68(53)103)56(38-44-20-23-47(24-21-44)73(77,78)79)65(100)86(5)41-57(95)83-50(25-22-45-36-48(75)59(49(76)37-45)74(80,81)82)64(99)92-30-14-18-52(92)63(98)85-72(28-15-29-72)71(106)90(9)61(46-16-12-13-17-46)70(105)89(8)55(67(102)91-32-34-107-35-33-91)39-58(96)87(6)51(11-2)62(97)84-60/h42-56,59-61H,10-41H2,1-9H3,(H,83,95)(H,84,97)(H,85,98)/t42-,43+,44?,45?,47?,48?,49?,50+,51+,52+,53+,54+,55+,56+,59?,60+,61+/m1/s1. The van der Waals surface area contributed by atoms with Crippen molar-refractivity contribution in [2.45, 2.75) is 266 Å². The summed E-state index contributed by atoms with van der Waals surface area (Å²) in [6, 6.07) is -12.0. The van der Waals surface area contributed by atoms with E-state index in [0.29, 0.717) is 44.9 Å². The zero-order valence-electron chi connectivity index (χ0n) is 63.4. The van der Waals surface area contributed by atoms with Crippen LogP contribution in [-0.2, 0) is 62.3 Å². The Bertz CT molecular complexity index is 3230. The minimum atomic E-state index is -5.20. The molecule has 33 heteroatoms. The monoisotopic (exact) mass is 1530 g/mol. The van der Waals surface area contributed by atoms with Gasteiger partial charge in [0.2, 0.25) is 70.9 Å². The van der Waals surface area contributed by atoms with Crippen LogP contribution in [0.3, 0.4) is 0 Å². The Balaban J connectivity index is 1.08. The number of amides is 12. The molecular formula is C74H112F8N12O13. The minimum absolute atomic E-state index is 0.0146. The largest absolute Gasteiger partial charge is 0.397 e. The molecular weight excluding hydrogens is 1420 g/mol. The maximum Gasteiger partial charge on any atom is 0.397 e. The van der Waals surface area contributed by atoms with Crippen molar-refractivity contribution < 1.29 is 97.4 Å². The molecule has 25 nitrogen and oxygen atoms in total. The Kier molecular flexibility index (Phi) is 27.8. The van der Waals surface area contributed by atoms with E-state index < -0.39 is 223 Å². The fraction of sp³-hybridized carbons (Fsp3) is 0.838. The number of carbonyl (C=O) groups is 12. The molecule has 0 radical (unpaired) electrons. The van der Waals surface area contributed by atoms with Crippen molar-refractivity contribution in [3.05, 3.63) is 0 Å². The summed E-state index contributed by atoms with van der Waals surface area (Å²) in [7, 11) is 6.82. The Morgan fingerprint density at radius 3 is 1.79 bits per heavy atom. The first-order valence-corrected chi connectivity index (χ1v) is 38.9. The summed E-state index contributed by atoms with van der Waals surface area (Å²) < 4.78 is 121. The van der Waals surface area contributed by atoms with E-state index in [9.17, 15) is 55.1 Å². The lowest BCUT2D eigenvalue weighted by atomic mass is 9.74. The summed E-state index contributed by atoms with van der Waals surface area (Å²) in [6.45, 7) is 6.64. The van der Waals surface area contributed by atoms with Crippen LogP contribution >= 0.6 is 0 Å². The van der Waals surface area contributed by atoms with Crippen molar-refractivity contribution in [2.75, 3.05) is 87.7 Å². The summed E-state index contributed by atoms with van der Waals surface area (Å²) in [6.07, 6.45) is -14.3. The van der Waals surface area contributed by atoms with E-state index in [1.807, 2.05) is 6.92 Å². The van der Waals surface area contributed by atoms with Crippen LogP contribution in [0.4, 0.5) is 35.1 Å². The van der Waals surface area contributed by atoms with Gasteiger partial charge in [-0.1, -0.05) is 47.0 Å². The van der Waals surface area contributed by atoms with Gasteiger partial charge in [-0.15, -0.1) is 0 Å². The van der Waals surface area contributed by atoms with Crippen LogP contribution in [0.2, 0.25) is 0 Å². The molecule has 3 N–H and O–H groups in total.